The van der Waals surface area contributed by atoms with Gasteiger partial charge < -0.3 is 19.4 Å². The minimum Gasteiger partial charge on any atom is -0.832 e. The van der Waals surface area contributed by atoms with Gasteiger partial charge in [0.25, 0.3) is 0 Å². The van der Waals surface area contributed by atoms with Gasteiger partial charge in [0.05, 0.1) is 6.73 Å². The number of methoxy groups -OCH3 is 1. The number of hydrogen-bond acceptors (Lipinski definition) is 5. The first-order chi connectivity index (χ1) is 6.72. The van der Waals surface area contributed by atoms with E-state index in [-0.39, 0.29) is 72.2 Å². The molecule has 1 fully saturated rings. The summed E-state index contributed by atoms with van der Waals surface area (Å²) in [5.74, 6) is 0.619. The Labute approximate surface area is 148 Å². The van der Waals surface area contributed by atoms with Crippen LogP contribution >= 0.6 is 0 Å². The molecular formula is C8H20BF3KNO4. The van der Waals surface area contributed by atoms with E-state index in [4.69, 9.17) is 9.76 Å². The first-order valence-corrected chi connectivity index (χ1v) is 4.89. The van der Waals surface area contributed by atoms with Crippen molar-refractivity contribution in [1.82, 2.24) is 4.90 Å². The van der Waals surface area contributed by atoms with Crippen molar-refractivity contribution in [2.45, 2.75) is 12.8 Å². The molecule has 5 nitrogen and oxygen atoms in total. The van der Waals surface area contributed by atoms with E-state index in [0.717, 1.165) is 32.5 Å². The van der Waals surface area contributed by atoms with E-state index in [1.165, 1.54) is 0 Å². The fourth-order valence-corrected chi connectivity index (χ4v) is 1.69. The monoisotopic (exact) mass is 301 g/mol. The van der Waals surface area contributed by atoms with Crippen LogP contribution in [0.25, 0.3) is 0 Å². The van der Waals surface area contributed by atoms with Gasteiger partial charge in [-0.15, -0.1) is 0 Å². The number of rotatable bonds is 5. The topological polar surface area (TPSA) is 65.0 Å². The largest absolute Gasteiger partial charge is 1.00 e. The Morgan fingerprint density at radius 1 is 1.28 bits per heavy atom. The molecule has 10 heteroatoms. The molecule has 1 saturated heterocycles. The zero-order valence-electron chi connectivity index (χ0n) is 10.7. The van der Waals surface area contributed by atoms with Crippen molar-refractivity contribution < 1.29 is 84.9 Å². The van der Waals surface area contributed by atoms with E-state index >= 15 is 0 Å². The maximum Gasteiger partial charge on any atom is 1.00 e. The van der Waals surface area contributed by atoms with Crippen LogP contribution in [0.5, 0.6) is 0 Å². The molecule has 0 radical (unpaired) electrons. The molecule has 1 heterocycles. The standard InChI is InChI=1S/C8H17BNO4.3FH.K/c1-13-6-8-2-4-10(5-3-8)7-14-9(11)12;;;;/h8,11H,2-7H2,1H3;3*1H;/q-1;;;;+1. The second kappa shape index (κ2) is 16.3. The van der Waals surface area contributed by atoms with Crippen LogP contribution in [0.2, 0.25) is 0 Å². The molecule has 0 aromatic rings. The summed E-state index contributed by atoms with van der Waals surface area (Å²) in [7, 11) is -0.199. The maximum atomic E-state index is 10.2. The number of nitrogens with zero attached hydrogens (tertiary/aromatic N) is 1. The van der Waals surface area contributed by atoms with Gasteiger partial charge in [-0.2, -0.15) is 0 Å². The van der Waals surface area contributed by atoms with Gasteiger partial charge in [-0.05, 0) is 18.8 Å². The van der Waals surface area contributed by atoms with Crippen LogP contribution < -0.4 is 56.4 Å². The van der Waals surface area contributed by atoms with E-state index in [1.54, 1.807) is 7.11 Å². The van der Waals surface area contributed by atoms with Gasteiger partial charge in [0.1, 0.15) is 0 Å². The Hall–Kier alpha value is 1.29. The van der Waals surface area contributed by atoms with Gasteiger partial charge >= 0.3 is 58.7 Å². The molecule has 1 aliphatic rings. The molecule has 0 saturated carbocycles. The van der Waals surface area contributed by atoms with E-state index < -0.39 is 7.32 Å². The fourth-order valence-electron chi connectivity index (χ4n) is 1.69. The average molecular weight is 301 g/mol. The summed E-state index contributed by atoms with van der Waals surface area (Å²) in [6.45, 7) is 2.84. The SMILES string of the molecule is COCC1CCN(COB([O-])O)CC1.F.F.F.[K+]. The van der Waals surface area contributed by atoms with Crippen LogP contribution in [0.3, 0.4) is 0 Å². The summed E-state index contributed by atoms with van der Waals surface area (Å²) in [5.41, 5.74) is 0. The summed E-state index contributed by atoms with van der Waals surface area (Å²) in [5, 5.41) is 18.6. The fraction of sp³-hybridized carbons (Fsp3) is 1.00. The molecule has 106 valence electrons. The average Bonchev–Trinajstić information content (AvgIpc) is 2.17. The molecule has 1 aliphatic heterocycles. The van der Waals surface area contributed by atoms with Crippen molar-refractivity contribution in [3.8, 4) is 0 Å². The third-order valence-corrected chi connectivity index (χ3v) is 2.51. The van der Waals surface area contributed by atoms with Crippen LogP contribution in [0.15, 0.2) is 0 Å². The van der Waals surface area contributed by atoms with Gasteiger partial charge in [0.2, 0.25) is 0 Å². The zero-order valence-corrected chi connectivity index (χ0v) is 13.9. The van der Waals surface area contributed by atoms with E-state index in [0.29, 0.717) is 5.92 Å². The van der Waals surface area contributed by atoms with Crippen LogP contribution in [0, 0.1) is 5.92 Å². The smallest absolute Gasteiger partial charge is 0.832 e. The zero-order chi connectivity index (χ0) is 10.4. The van der Waals surface area contributed by atoms with Gasteiger partial charge in [-0.25, -0.2) is 0 Å². The van der Waals surface area contributed by atoms with Gasteiger partial charge in [0, 0.05) is 26.8 Å². The number of piperidine rings is 1. The van der Waals surface area contributed by atoms with Crippen LogP contribution in [0.1, 0.15) is 12.8 Å². The number of ether oxygens (including phenoxy) is 1. The minimum absolute atomic E-state index is 0. The normalized spacial score (nSPS) is 15.5. The van der Waals surface area contributed by atoms with Gasteiger partial charge in [-0.1, -0.05) is 0 Å². The van der Waals surface area contributed by atoms with E-state index in [2.05, 4.69) is 4.65 Å². The van der Waals surface area contributed by atoms with Crippen molar-refractivity contribution in [2.75, 3.05) is 33.5 Å². The Morgan fingerprint density at radius 2 is 1.78 bits per heavy atom. The quantitative estimate of drug-likeness (QED) is 0.526. The second-order valence-electron chi connectivity index (χ2n) is 3.62. The Bertz CT molecular complexity index is 167. The Morgan fingerprint density at radius 3 is 2.17 bits per heavy atom. The van der Waals surface area contributed by atoms with Crippen LogP contribution in [-0.4, -0.2) is 50.8 Å². The van der Waals surface area contributed by atoms with E-state index in [9.17, 15) is 5.02 Å². The third-order valence-electron chi connectivity index (χ3n) is 2.51. The van der Waals surface area contributed by atoms with Crippen LogP contribution in [0.4, 0.5) is 14.1 Å². The Balaban J connectivity index is -0.000000245. The first kappa shape index (κ1) is 27.6. The number of hydrogen-bond donors (Lipinski definition) is 1. The van der Waals surface area contributed by atoms with Crippen LogP contribution in [-0.2, 0) is 9.39 Å². The molecule has 1 rings (SSSR count). The first-order valence-electron chi connectivity index (χ1n) is 4.89. The number of likely N-dealkylation sites (tertiary alicyclic amines) is 1. The van der Waals surface area contributed by atoms with Crippen molar-refractivity contribution in [2.24, 2.45) is 5.92 Å². The summed E-state index contributed by atoms with van der Waals surface area (Å²) in [6, 6.07) is 0. The van der Waals surface area contributed by atoms with Crippen molar-refractivity contribution >= 4 is 7.32 Å². The van der Waals surface area contributed by atoms with Crippen molar-refractivity contribution in [3.05, 3.63) is 0 Å². The summed E-state index contributed by atoms with van der Waals surface area (Å²) in [4.78, 5) is 2.02. The van der Waals surface area contributed by atoms with Crippen molar-refractivity contribution in [3.63, 3.8) is 0 Å². The maximum absolute atomic E-state index is 10.2. The van der Waals surface area contributed by atoms with Gasteiger partial charge in [-0.3, -0.25) is 19.0 Å². The predicted molar refractivity (Wildman–Crippen MR) is 57.6 cm³/mol. The summed E-state index contributed by atoms with van der Waals surface area (Å²) < 4.78 is 9.65. The molecule has 0 aromatic heterocycles. The Kier molecular flexibility index (Phi) is 25.1. The summed E-state index contributed by atoms with van der Waals surface area (Å²) >= 11 is 0. The molecule has 0 unspecified atom stereocenters. The molecule has 0 aromatic carbocycles. The molecular weight excluding hydrogens is 281 g/mol. The molecule has 0 amide bonds. The predicted octanol–water partition coefficient (Wildman–Crippen LogP) is -3.88. The minimum atomic E-state index is -1.91. The number of halogens is 3. The molecule has 0 bridgehead atoms. The second-order valence-corrected chi connectivity index (χ2v) is 3.62. The molecule has 0 aliphatic carbocycles. The van der Waals surface area contributed by atoms with Crippen molar-refractivity contribution in [1.29, 1.82) is 0 Å². The molecule has 18 heavy (non-hydrogen) atoms. The molecule has 1 N–H and O–H groups in total. The van der Waals surface area contributed by atoms with Gasteiger partial charge in [0.15, 0.2) is 0 Å². The summed E-state index contributed by atoms with van der Waals surface area (Å²) in [6.07, 6.45) is 2.12. The third kappa shape index (κ3) is 12.3. The molecule has 0 atom stereocenters. The van der Waals surface area contributed by atoms with E-state index in [1.807, 2.05) is 4.90 Å². The molecule has 0 spiro atoms.